The molecule has 0 saturated carbocycles. The Balaban J connectivity index is 1.19. The van der Waals surface area contributed by atoms with Crippen molar-refractivity contribution >= 4 is 17.5 Å². The Morgan fingerprint density at radius 2 is 1.94 bits per heavy atom. The molecular formula is C28H33FN4O3. The fraction of sp³-hybridized carbons (Fsp3) is 0.357. The van der Waals surface area contributed by atoms with Crippen molar-refractivity contribution in [2.24, 2.45) is 0 Å². The van der Waals surface area contributed by atoms with E-state index in [0.29, 0.717) is 23.8 Å². The molecule has 2 heterocycles. The van der Waals surface area contributed by atoms with Gasteiger partial charge in [-0.05, 0) is 73.7 Å². The molecule has 2 amide bonds. The predicted molar refractivity (Wildman–Crippen MR) is 137 cm³/mol. The van der Waals surface area contributed by atoms with Gasteiger partial charge in [0.05, 0.1) is 6.26 Å². The van der Waals surface area contributed by atoms with E-state index in [4.69, 9.17) is 4.42 Å². The average molecular weight is 493 g/mol. The molecule has 1 fully saturated rings. The molecule has 2 unspecified atom stereocenters. The summed E-state index contributed by atoms with van der Waals surface area (Å²) in [5, 5.41) is 2.82. The number of carbonyl (C=O) groups is 2. The summed E-state index contributed by atoms with van der Waals surface area (Å²) in [7, 11) is 1.80. The Labute approximate surface area is 211 Å². The second kappa shape index (κ2) is 12.0. The summed E-state index contributed by atoms with van der Waals surface area (Å²) >= 11 is 0. The lowest BCUT2D eigenvalue weighted by molar-refractivity contribution is 0.0792. The van der Waals surface area contributed by atoms with Gasteiger partial charge in [0.1, 0.15) is 5.82 Å². The van der Waals surface area contributed by atoms with Crippen molar-refractivity contribution in [2.75, 3.05) is 18.9 Å². The normalized spacial score (nSPS) is 17.2. The maximum atomic E-state index is 13.5. The van der Waals surface area contributed by atoms with E-state index < -0.39 is 0 Å². The minimum atomic E-state index is -0.352. The highest BCUT2D eigenvalue weighted by atomic mass is 19.1. The molecule has 0 bridgehead atoms. The standard InChI is InChI=1S/C28H33FN4O3/c1-19-12-13-21(17-24(19)30-27(34)26-11-7-15-36-26)28(35)33(2)14-5-3-4-10-23-18-25(32-31-23)20-8-6-9-22(29)16-20/h6-9,11-13,15-17,23,25,31-32H,3-5,10,14,18H2,1-2H3,(H,30,34). The summed E-state index contributed by atoms with van der Waals surface area (Å²) < 4.78 is 18.6. The number of rotatable bonds is 10. The van der Waals surface area contributed by atoms with Crippen molar-refractivity contribution in [1.29, 1.82) is 0 Å². The predicted octanol–water partition coefficient (Wildman–Crippen LogP) is 5.22. The van der Waals surface area contributed by atoms with Crippen LogP contribution in [0, 0.1) is 12.7 Å². The molecule has 2 atom stereocenters. The first kappa shape index (κ1) is 25.6. The molecule has 1 aliphatic rings. The molecule has 3 aromatic rings. The third kappa shape index (κ3) is 6.59. The molecule has 0 aliphatic carbocycles. The van der Waals surface area contributed by atoms with E-state index in [1.807, 2.05) is 19.1 Å². The Morgan fingerprint density at radius 3 is 2.72 bits per heavy atom. The number of halogens is 1. The molecule has 0 radical (unpaired) electrons. The largest absolute Gasteiger partial charge is 0.459 e. The summed E-state index contributed by atoms with van der Waals surface area (Å²) in [6, 6.07) is 15.8. The molecule has 4 rings (SSSR count). The number of nitrogens with one attached hydrogen (secondary N) is 3. The van der Waals surface area contributed by atoms with E-state index in [0.717, 1.165) is 43.2 Å². The number of amides is 2. The minimum Gasteiger partial charge on any atom is -0.459 e. The quantitative estimate of drug-likeness (QED) is 0.338. The lowest BCUT2D eigenvalue weighted by Crippen LogP contribution is -2.31. The van der Waals surface area contributed by atoms with Gasteiger partial charge in [-0.3, -0.25) is 20.4 Å². The van der Waals surface area contributed by atoms with Crippen LogP contribution in [0.4, 0.5) is 10.1 Å². The molecule has 7 nitrogen and oxygen atoms in total. The van der Waals surface area contributed by atoms with Gasteiger partial charge in [0.15, 0.2) is 5.76 Å². The summed E-state index contributed by atoms with van der Waals surface area (Å²) in [4.78, 5) is 27.0. The van der Waals surface area contributed by atoms with Crippen molar-refractivity contribution in [1.82, 2.24) is 15.8 Å². The molecule has 3 N–H and O–H groups in total. The zero-order valence-corrected chi connectivity index (χ0v) is 20.7. The number of nitrogens with zero attached hydrogens (tertiary/aromatic N) is 1. The number of carbonyl (C=O) groups excluding carboxylic acids is 2. The van der Waals surface area contributed by atoms with Crippen LogP contribution < -0.4 is 16.2 Å². The van der Waals surface area contributed by atoms with Gasteiger partial charge in [-0.25, -0.2) is 4.39 Å². The number of furan rings is 1. The Morgan fingerprint density at radius 1 is 1.08 bits per heavy atom. The fourth-order valence-corrected chi connectivity index (χ4v) is 4.47. The number of aryl methyl sites for hydroxylation is 1. The molecule has 2 aromatic carbocycles. The first-order valence-electron chi connectivity index (χ1n) is 12.4. The van der Waals surface area contributed by atoms with Gasteiger partial charge in [-0.1, -0.05) is 31.0 Å². The highest BCUT2D eigenvalue weighted by molar-refractivity contribution is 6.03. The van der Waals surface area contributed by atoms with E-state index in [1.165, 1.54) is 12.3 Å². The van der Waals surface area contributed by atoms with E-state index in [1.54, 1.807) is 48.3 Å². The van der Waals surface area contributed by atoms with E-state index in [9.17, 15) is 14.0 Å². The maximum Gasteiger partial charge on any atom is 0.291 e. The van der Waals surface area contributed by atoms with E-state index >= 15 is 0 Å². The Hall–Kier alpha value is -3.49. The van der Waals surface area contributed by atoms with Crippen molar-refractivity contribution in [3.8, 4) is 0 Å². The summed E-state index contributed by atoms with van der Waals surface area (Å²) in [5.74, 6) is -0.424. The van der Waals surface area contributed by atoms with Gasteiger partial charge in [-0.2, -0.15) is 0 Å². The van der Waals surface area contributed by atoms with Crippen LogP contribution in [0.3, 0.4) is 0 Å². The number of hydrazine groups is 1. The third-order valence-electron chi connectivity index (χ3n) is 6.60. The second-order valence-electron chi connectivity index (χ2n) is 9.37. The number of anilines is 1. The zero-order chi connectivity index (χ0) is 25.5. The van der Waals surface area contributed by atoms with Gasteiger partial charge < -0.3 is 14.6 Å². The Bertz CT molecular complexity index is 1180. The maximum absolute atomic E-state index is 13.5. The second-order valence-corrected chi connectivity index (χ2v) is 9.37. The van der Waals surface area contributed by atoms with Gasteiger partial charge in [-0.15, -0.1) is 0 Å². The lowest BCUT2D eigenvalue weighted by atomic mass is 9.99. The van der Waals surface area contributed by atoms with E-state index in [-0.39, 0.29) is 29.4 Å². The van der Waals surface area contributed by atoms with Gasteiger partial charge >= 0.3 is 0 Å². The summed E-state index contributed by atoms with van der Waals surface area (Å²) in [6.07, 6.45) is 6.36. The van der Waals surface area contributed by atoms with Crippen molar-refractivity contribution < 1.29 is 18.4 Å². The number of benzene rings is 2. The van der Waals surface area contributed by atoms with Crippen LogP contribution in [0.15, 0.2) is 65.3 Å². The summed E-state index contributed by atoms with van der Waals surface area (Å²) in [6.45, 7) is 2.54. The number of hydrogen-bond acceptors (Lipinski definition) is 5. The molecule has 36 heavy (non-hydrogen) atoms. The SMILES string of the molecule is Cc1ccc(C(=O)N(C)CCCCCC2CC(c3cccc(F)c3)NN2)cc1NC(=O)c1ccco1. The van der Waals surface area contributed by atoms with Crippen molar-refractivity contribution in [3.05, 3.63) is 89.1 Å². The molecule has 1 saturated heterocycles. The first-order chi connectivity index (χ1) is 17.4. The third-order valence-corrected chi connectivity index (χ3v) is 6.60. The van der Waals surface area contributed by atoms with Gasteiger partial charge in [0.25, 0.3) is 11.8 Å². The molecule has 0 spiro atoms. The molecule has 8 heteroatoms. The average Bonchev–Trinajstić information content (AvgIpc) is 3.57. The first-order valence-corrected chi connectivity index (χ1v) is 12.4. The van der Waals surface area contributed by atoms with Crippen molar-refractivity contribution in [3.63, 3.8) is 0 Å². The van der Waals surface area contributed by atoms with Crippen LogP contribution in [-0.2, 0) is 0 Å². The van der Waals surface area contributed by atoms with Crippen molar-refractivity contribution in [2.45, 2.75) is 51.1 Å². The fourth-order valence-electron chi connectivity index (χ4n) is 4.47. The Kier molecular flexibility index (Phi) is 8.51. The monoisotopic (exact) mass is 492 g/mol. The summed E-state index contributed by atoms with van der Waals surface area (Å²) in [5.41, 5.74) is 9.54. The smallest absolute Gasteiger partial charge is 0.291 e. The van der Waals surface area contributed by atoms with Gasteiger partial charge in [0.2, 0.25) is 0 Å². The van der Waals surface area contributed by atoms with Crippen LogP contribution >= 0.6 is 0 Å². The highest BCUT2D eigenvalue weighted by Crippen LogP contribution is 2.25. The van der Waals surface area contributed by atoms with Gasteiger partial charge in [0, 0.05) is 36.9 Å². The molecule has 190 valence electrons. The molecular weight excluding hydrogens is 459 g/mol. The molecule has 1 aromatic heterocycles. The number of unbranched alkanes of at least 4 members (excludes halogenated alkanes) is 2. The van der Waals surface area contributed by atoms with Crippen LogP contribution in [0.5, 0.6) is 0 Å². The van der Waals surface area contributed by atoms with Crippen LogP contribution in [0.25, 0.3) is 0 Å². The van der Waals surface area contributed by atoms with Crippen LogP contribution in [-0.4, -0.2) is 36.3 Å². The lowest BCUT2D eigenvalue weighted by Gasteiger charge is -2.18. The molecule has 1 aliphatic heterocycles. The minimum absolute atomic E-state index is 0.0805. The van der Waals surface area contributed by atoms with E-state index in [2.05, 4.69) is 16.2 Å². The number of hydrogen-bond donors (Lipinski definition) is 3. The topological polar surface area (TPSA) is 86.6 Å². The van der Waals surface area contributed by atoms with Crippen LogP contribution in [0.2, 0.25) is 0 Å². The van der Waals surface area contributed by atoms with Crippen LogP contribution in [0.1, 0.15) is 70.2 Å². The zero-order valence-electron chi connectivity index (χ0n) is 20.7. The highest BCUT2D eigenvalue weighted by Gasteiger charge is 2.24.